The summed E-state index contributed by atoms with van der Waals surface area (Å²) in [7, 11) is 0. The molecule has 2 aromatic rings. The van der Waals surface area contributed by atoms with Crippen molar-refractivity contribution < 1.29 is 19.1 Å². The van der Waals surface area contributed by atoms with Crippen molar-refractivity contribution in [2.24, 2.45) is 0 Å². The van der Waals surface area contributed by atoms with Gasteiger partial charge in [-0.1, -0.05) is 12.1 Å². The molecule has 152 valence electrons. The molecule has 4 rings (SSSR count). The van der Waals surface area contributed by atoms with Crippen LogP contribution in [0, 0.1) is 6.92 Å². The summed E-state index contributed by atoms with van der Waals surface area (Å²) in [5.74, 6) is 0.00640. The van der Waals surface area contributed by atoms with Gasteiger partial charge in [-0.25, -0.2) is 4.79 Å². The lowest BCUT2D eigenvalue weighted by molar-refractivity contribution is -0.135. The molecule has 7 nitrogen and oxygen atoms in total. The summed E-state index contributed by atoms with van der Waals surface area (Å²) in [6.45, 7) is 2.27. The van der Waals surface area contributed by atoms with Gasteiger partial charge in [-0.2, -0.15) is 0 Å². The van der Waals surface area contributed by atoms with Gasteiger partial charge in [-0.15, -0.1) is 11.3 Å². The predicted molar refractivity (Wildman–Crippen MR) is 109 cm³/mol. The Balaban J connectivity index is 1.32. The molecule has 2 aliphatic rings. The fraction of sp³-hybridized carbons (Fsp3) is 0.381. The van der Waals surface area contributed by atoms with E-state index in [1.165, 1.54) is 0 Å². The summed E-state index contributed by atoms with van der Waals surface area (Å²) in [6, 6.07) is 9.04. The molecule has 1 aromatic carbocycles. The molecule has 4 amide bonds. The Bertz CT molecular complexity index is 957. The molecule has 1 atom stereocenters. The highest BCUT2D eigenvalue weighted by molar-refractivity contribution is 7.10. The standard InChI is InChI=1S/C21H23N3O4S/c1-14-4-2-5-15(12-14)28-10-9-22-18(25)13-24-19(26)21(23-20(24)27)8-3-6-17-16(21)7-11-29-17/h2,4-5,7,11-12H,3,6,8-10,13H2,1H3,(H,22,25)(H,23,27)/t21-/m0/s1. The van der Waals surface area contributed by atoms with Gasteiger partial charge in [-0.3, -0.25) is 14.5 Å². The summed E-state index contributed by atoms with van der Waals surface area (Å²) in [6.07, 6.45) is 2.30. The lowest BCUT2D eigenvalue weighted by Gasteiger charge is -2.31. The molecule has 1 aromatic heterocycles. The van der Waals surface area contributed by atoms with Crippen molar-refractivity contribution in [3.63, 3.8) is 0 Å². The Morgan fingerprint density at radius 1 is 1.34 bits per heavy atom. The fourth-order valence-electron chi connectivity index (χ4n) is 3.95. The largest absolute Gasteiger partial charge is 0.492 e. The number of aryl methyl sites for hydroxylation is 2. The van der Waals surface area contributed by atoms with Crippen LogP contribution < -0.4 is 15.4 Å². The quantitative estimate of drug-likeness (QED) is 0.562. The van der Waals surface area contributed by atoms with Crippen molar-refractivity contribution in [3.05, 3.63) is 51.7 Å². The number of urea groups is 1. The number of hydrogen-bond donors (Lipinski definition) is 2. The van der Waals surface area contributed by atoms with Gasteiger partial charge >= 0.3 is 6.03 Å². The number of carbonyl (C=O) groups excluding carboxylic acids is 3. The van der Waals surface area contributed by atoms with E-state index in [1.54, 1.807) is 11.3 Å². The number of imide groups is 1. The highest BCUT2D eigenvalue weighted by Gasteiger charge is 2.54. The highest BCUT2D eigenvalue weighted by Crippen LogP contribution is 2.41. The Morgan fingerprint density at radius 2 is 2.21 bits per heavy atom. The second kappa shape index (κ2) is 7.87. The average molecular weight is 413 g/mol. The first kappa shape index (κ1) is 19.4. The van der Waals surface area contributed by atoms with Crippen molar-refractivity contribution in [3.8, 4) is 5.75 Å². The molecule has 1 spiro atoms. The molecule has 1 saturated heterocycles. The Labute approximate surface area is 173 Å². The number of benzene rings is 1. The van der Waals surface area contributed by atoms with Crippen molar-refractivity contribution in [2.75, 3.05) is 19.7 Å². The highest BCUT2D eigenvalue weighted by atomic mass is 32.1. The van der Waals surface area contributed by atoms with Gasteiger partial charge in [0, 0.05) is 10.4 Å². The number of thiophene rings is 1. The maximum absolute atomic E-state index is 13.1. The van der Waals surface area contributed by atoms with Gasteiger partial charge in [0.1, 0.15) is 24.4 Å². The number of nitrogens with one attached hydrogen (secondary N) is 2. The Morgan fingerprint density at radius 3 is 3.03 bits per heavy atom. The van der Waals surface area contributed by atoms with E-state index in [-0.39, 0.29) is 24.9 Å². The first-order valence-corrected chi connectivity index (χ1v) is 10.5. The van der Waals surface area contributed by atoms with Crippen LogP contribution >= 0.6 is 11.3 Å². The normalized spacial score (nSPS) is 20.5. The van der Waals surface area contributed by atoms with Crippen LogP contribution in [0.15, 0.2) is 35.7 Å². The maximum Gasteiger partial charge on any atom is 0.325 e. The van der Waals surface area contributed by atoms with Crippen LogP contribution in [0.1, 0.15) is 28.8 Å². The van der Waals surface area contributed by atoms with Crippen LogP contribution in [0.4, 0.5) is 4.79 Å². The van der Waals surface area contributed by atoms with Crippen molar-refractivity contribution in [1.82, 2.24) is 15.5 Å². The number of rotatable bonds is 6. The molecule has 1 aliphatic heterocycles. The summed E-state index contributed by atoms with van der Waals surface area (Å²) >= 11 is 1.60. The second-order valence-corrected chi connectivity index (χ2v) is 8.35. The Kier molecular flexibility index (Phi) is 5.27. The summed E-state index contributed by atoms with van der Waals surface area (Å²) in [5, 5.41) is 7.50. The second-order valence-electron chi connectivity index (χ2n) is 7.35. The SMILES string of the molecule is Cc1cccc(OCCNC(=O)CN2C(=O)N[C@]3(CCCc4sccc43)C2=O)c1. The molecule has 0 bridgehead atoms. The topological polar surface area (TPSA) is 87.7 Å². The third-order valence-corrected chi connectivity index (χ3v) is 6.30. The van der Waals surface area contributed by atoms with Gasteiger partial charge in [0.25, 0.3) is 5.91 Å². The molecule has 29 heavy (non-hydrogen) atoms. The molecule has 0 radical (unpaired) electrons. The van der Waals surface area contributed by atoms with E-state index >= 15 is 0 Å². The lowest BCUT2D eigenvalue weighted by Crippen LogP contribution is -2.47. The first-order valence-electron chi connectivity index (χ1n) is 9.67. The maximum atomic E-state index is 13.1. The van der Waals surface area contributed by atoms with Gasteiger partial charge < -0.3 is 15.4 Å². The molecule has 2 heterocycles. The van der Waals surface area contributed by atoms with E-state index < -0.39 is 11.6 Å². The van der Waals surface area contributed by atoms with E-state index in [0.29, 0.717) is 13.0 Å². The van der Waals surface area contributed by atoms with E-state index in [1.807, 2.05) is 42.6 Å². The van der Waals surface area contributed by atoms with Crippen LogP contribution in [0.3, 0.4) is 0 Å². The van der Waals surface area contributed by atoms with Crippen molar-refractivity contribution in [1.29, 1.82) is 0 Å². The monoisotopic (exact) mass is 413 g/mol. The van der Waals surface area contributed by atoms with E-state index in [4.69, 9.17) is 4.74 Å². The molecule has 2 N–H and O–H groups in total. The number of carbonyl (C=O) groups is 3. The smallest absolute Gasteiger partial charge is 0.325 e. The van der Waals surface area contributed by atoms with Crippen LogP contribution in [0.25, 0.3) is 0 Å². The third kappa shape index (κ3) is 3.72. The third-order valence-electron chi connectivity index (χ3n) is 5.32. The molecule has 8 heteroatoms. The zero-order chi connectivity index (χ0) is 20.4. The summed E-state index contributed by atoms with van der Waals surface area (Å²) in [5.41, 5.74) is 0.955. The van der Waals surface area contributed by atoms with Crippen LogP contribution in [-0.2, 0) is 21.5 Å². The van der Waals surface area contributed by atoms with Gasteiger partial charge in [0.2, 0.25) is 5.91 Å². The summed E-state index contributed by atoms with van der Waals surface area (Å²) in [4.78, 5) is 40.0. The van der Waals surface area contributed by atoms with Crippen LogP contribution in [0.5, 0.6) is 5.75 Å². The van der Waals surface area contributed by atoms with E-state index in [9.17, 15) is 14.4 Å². The molecular weight excluding hydrogens is 390 g/mol. The number of amides is 4. The van der Waals surface area contributed by atoms with E-state index in [2.05, 4.69) is 10.6 Å². The summed E-state index contributed by atoms with van der Waals surface area (Å²) < 4.78 is 5.60. The van der Waals surface area contributed by atoms with Gasteiger partial charge in [0.15, 0.2) is 0 Å². The molecule has 1 aliphatic carbocycles. The van der Waals surface area contributed by atoms with Crippen molar-refractivity contribution >= 4 is 29.2 Å². The Hall–Kier alpha value is -2.87. The zero-order valence-electron chi connectivity index (χ0n) is 16.2. The lowest BCUT2D eigenvalue weighted by atomic mass is 9.80. The first-order chi connectivity index (χ1) is 14.0. The molecular formula is C21H23N3O4S. The zero-order valence-corrected chi connectivity index (χ0v) is 17.0. The number of hydrogen-bond acceptors (Lipinski definition) is 5. The minimum absolute atomic E-state index is 0.288. The number of fused-ring (bicyclic) bond motifs is 2. The van der Waals surface area contributed by atoms with Gasteiger partial charge in [-0.05, 0) is 55.3 Å². The minimum atomic E-state index is -1.01. The predicted octanol–water partition coefficient (Wildman–Crippen LogP) is 2.34. The number of ether oxygens (including phenoxy) is 1. The molecule has 1 fully saturated rings. The fourth-order valence-corrected chi connectivity index (χ4v) is 4.95. The van der Waals surface area contributed by atoms with E-state index in [0.717, 1.165) is 39.5 Å². The number of nitrogens with zero attached hydrogens (tertiary/aromatic N) is 1. The van der Waals surface area contributed by atoms with Crippen LogP contribution in [0.2, 0.25) is 0 Å². The minimum Gasteiger partial charge on any atom is -0.492 e. The molecule has 0 saturated carbocycles. The molecule has 0 unspecified atom stereocenters. The van der Waals surface area contributed by atoms with Crippen LogP contribution in [-0.4, -0.2) is 42.4 Å². The average Bonchev–Trinajstić information content (AvgIpc) is 3.26. The van der Waals surface area contributed by atoms with Gasteiger partial charge in [0.05, 0.1) is 6.54 Å². The van der Waals surface area contributed by atoms with Crippen molar-refractivity contribution in [2.45, 2.75) is 31.7 Å².